The van der Waals surface area contributed by atoms with Crippen LogP contribution in [0, 0.1) is 24.2 Å². The van der Waals surface area contributed by atoms with Gasteiger partial charge >= 0.3 is 0 Å². The van der Waals surface area contributed by atoms with Crippen LogP contribution in [0.4, 0.5) is 11.5 Å². The van der Waals surface area contributed by atoms with Crippen LogP contribution >= 0.6 is 11.6 Å². The number of rotatable bonds is 3. The van der Waals surface area contributed by atoms with Crippen molar-refractivity contribution in [2.75, 3.05) is 23.3 Å². The largest absolute Gasteiger partial charge is 0.369 e. The van der Waals surface area contributed by atoms with Gasteiger partial charge in [-0.1, -0.05) is 17.7 Å². The first-order valence-corrected chi connectivity index (χ1v) is 9.90. The van der Waals surface area contributed by atoms with E-state index in [0.717, 1.165) is 41.5 Å². The molecule has 1 aliphatic heterocycles. The normalized spacial score (nSPS) is 16.4. The lowest BCUT2D eigenvalue weighted by Crippen LogP contribution is -2.41. The number of anilines is 2. The molecule has 1 atom stereocenters. The van der Waals surface area contributed by atoms with Gasteiger partial charge in [-0.2, -0.15) is 5.26 Å². The van der Waals surface area contributed by atoms with Gasteiger partial charge in [0.2, 0.25) is 5.91 Å². The number of hydrogen-bond donors (Lipinski definition) is 1. The fourth-order valence-electron chi connectivity index (χ4n) is 3.74. The first-order chi connectivity index (χ1) is 14.0. The van der Waals surface area contributed by atoms with Gasteiger partial charge in [-0.25, -0.2) is 4.98 Å². The Bertz CT molecular complexity index is 1110. The SMILES string of the molecule is Cc1ccc(NC(=O)C2CCCN(c3c(C#N)cnc4ccc(Cl)cc34)C2)nc1. The van der Waals surface area contributed by atoms with Gasteiger partial charge in [0.25, 0.3) is 0 Å². The number of aryl methyl sites for hydroxylation is 1. The van der Waals surface area contributed by atoms with Gasteiger partial charge in [0.15, 0.2) is 0 Å². The van der Waals surface area contributed by atoms with Gasteiger partial charge < -0.3 is 10.2 Å². The minimum atomic E-state index is -0.194. The summed E-state index contributed by atoms with van der Waals surface area (Å²) in [5, 5.41) is 14.0. The molecule has 29 heavy (non-hydrogen) atoms. The molecule has 0 bridgehead atoms. The third-order valence-electron chi connectivity index (χ3n) is 5.19. The average Bonchev–Trinajstić information content (AvgIpc) is 2.74. The molecule has 146 valence electrons. The molecular formula is C22H20ClN5O. The van der Waals surface area contributed by atoms with Crippen molar-refractivity contribution in [1.29, 1.82) is 5.26 Å². The fraction of sp³-hybridized carbons (Fsp3) is 0.273. The third-order valence-corrected chi connectivity index (χ3v) is 5.43. The number of fused-ring (bicyclic) bond motifs is 1. The Balaban J connectivity index is 1.61. The standard InChI is InChI=1S/C22H20ClN5O/c1-14-4-7-20(26-11-14)27-22(29)15-3-2-8-28(13-15)21-16(10-24)12-25-19-6-5-17(23)9-18(19)21/h4-7,9,11-12,15H,2-3,8,13H2,1H3,(H,26,27,29). The van der Waals surface area contributed by atoms with Crippen molar-refractivity contribution < 1.29 is 4.79 Å². The van der Waals surface area contributed by atoms with Crippen molar-refractivity contribution in [3.63, 3.8) is 0 Å². The number of halogens is 1. The smallest absolute Gasteiger partial charge is 0.230 e. The van der Waals surface area contributed by atoms with Gasteiger partial charge in [0.05, 0.1) is 22.7 Å². The Morgan fingerprint density at radius 3 is 2.90 bits per heavy atom. The van der Waals surface area contributed by atoms with Gasteiger partial charge in [-0.3, -0.25) is 9.78 Å². The highest BCUT2D eigenvalue weighted by molar-refractivity contribution is 6.31. The summed E-state index contributed by atoms with van der Waals surface area (Å²) in [5.74, 6) is 0.304. The second-order valence-corrected chi connectivity index (χ2v) is 7.73. The Morgan fingerprint density at radius 2 is 2.14 bits per heavy atom. The lowest BCUT2D eigenvalue weighted by Gasteiger charge is -2.34. The van der Waals surface area contributed by atoms with Crippen LogP contribution < -0.4 is 10.2 Å². The summed E-state index contributed by atoms with van der Waals surface area (Å²) in [7, 11) is 0. The summed E-state index contributed by atoms with van der Waals surface area (Å²) in [4.78, 5) is 23.6. The molecule has 1 aliphatic rings. The number of hydrogen-bond acceptors (Lipinski definition) is 5. The summed E-state index contributed by atoms with van der Waals surface area (Å²) >= 11 is 6.21. The molecule has 1 N–H and O–H groups in total. The zero-order valence-electron chi connectivity index (χ0n) is 16.0. The first kappa shape index (κ1) is 19.2. The highest BCUT2D eigenvalue weighted by atomic mass is 35.5. The third kappa shape index (κ3) is 4.01. The van der Waals surface area contributed by atoms with E-state index < -0.39 is 0 Å². The zero-order chi connectivity index (χ0) is 20.4. The number of nitriles is 1. The molecule has 0 radical (unpaired) electrons. The minimum Gasteiger partial charge on any atom is -0.369 e. The van der Waals surface area contributed by atoms with Crippen LogP contribution in [0.15, 0.2) is 42.7 Å². The van der Waals surface area contributed by atoms with Crippen LogP contribution in [0.5, 0.6) is 0 Å². The topological polar surface area (TPSA) is 81.9 Å². The molecule has 0 spiro atoms. The molecule has 1 amide bonds. The minimum absolute atomic E-state index is 0.0547. The monoisotopic (exact) mass is 405 g/mol. The van der Waals surface area contributed by atoms with Crippen molar-refractivity contribution in [3.8, 4) is 6.07 Å². The maximum Gasteiger partial charge on any atom is 0.230 e. The maximum absolute atomic E-state index is 12.8. The van der Waals surface area contributed by atoms with E-state index in [1.807, 2.05) is 25.1 Å². The number of amides is 1. The van der Waals surface area contributed by atoms with Crippen molar-refractivity contribution in [1.82, 2.24) is 9.97 Å². The Kier molecular flexibility index (Phi) is 5.32. The lowest BCUT2D eigenvalue weighted by atomic mass is 9.95. The summed E-state index contributed by atoms with van der Waals surface area (Å²) in [6.45, 7) is 3.25. The summed E-state index contributed by atoms with van der Waals surface area (Å²) in [6.07, 6.45) is 4.97. The molecule has 2 aromatic heterocycles. The predicted octanol–water partition coefficient (Wildman–Crippen LogP) is 4.32. The van der Waals surface area contributed by atoms with Crippen LogP contribution in [-0.4, -0.2) is 29.0 Å². The van der Waals surface area contributed by atoms with E-state index in [4.69, 9.17) is 11.6 Å². The number of carbonyl (C=O) groups is 1. The fourth-order valence-corrected chi connectivity index (χ4v) is 3.91. The molecular weight excluding hydrogens is 386 g/mol. The van der Waals surface area contributed by atoms with Gasteiger partial charge in [0.1, 0.15) is 11.9 Å². The van der Waals surface area contributed by atoms with Crippen LogP contribution in [0.1, 0.15) is 24.0 Å². The number of aromatic nitrogens is 2. The van der Waals surface area contributed by atoms with Crippen molar-refractivity contribution in [3.05, 3.63) is 58.9 Å². The number of carbonyl (C=O) groups excluding carboxylic acids is 1. The molecule has 4 rings (SSSR count). The number of pyridine rings is 2. The van der Waals surface area contributed by atoms with E-state index in [0.29, 0.717) is 22.9 Å². The quantitative estimate of drug-likeness (QED) is 0.701. The van der Waals surface area contributed by atoms with Crippen molar-refractivity contribution >= 4 is 39.9 Å². The zero-order valence-corrected chi connectivity index (χ0v) is 16.8. The highest BCUT2D eigenvalue weighted by Gasteiger charge is 2.28. The van der Waals surface area contributed by atoms with E-state index in [2.05, 4.69) is 26.3 Å². The molecule has 3 aromatic rings. The van der Waals surface area contributed by atoms with Gasteiger partial charge in [-0.15, -0.1) is 0 Å². The number of nitrogens with zero attached hydrogens (tertiary/aromatic N) is 4. The molecule has 3 heterocycles. The van der Waals surface area contributed by atoms with E-state index in [9.17, 15) is 10.1 Å². The van der Waals surface area contributed by atoms with Crippen LogP contribution in [0.2, 0.25) is 5.02 Å². The Labute approximate surface area is 174 Å². The Morgan fingerprint density at radius 1 is 1.28 bits per heavy atom. The van der Waals surface area contributed by atoms with Crippen LogP contribution in [0.25, 0.3) is 10.9 Å². The lowest BCUT2D eigenvalue weighted by molar-refractivity contribution is -0.120. The molecule has 0 saturated carbocycles. The first-order valence-electron chi connectivity index (χ1n) is 9.52. The highest BCUT2D eigenvalue weighted by Crippen LogP contribution is 2.34. The molecule has 6 nitrogen and oxygen atoms in total. The van der Waals surface area contributed by atoms with Crippen molar-refractivity contribution in [2.24, 2.45) is 5.92 Å². The van der Waals surface area contributed by atoms with E-state index in [1.54, 1.807) is 24.5 Å². The molecule has 1 unspecified atom stereocenters. The van der Waals surface area contributed by atoms with Gasteiger partial charge in [-0.05, 0) is 49.6 Å². The molecule has 7 heteroatoms. The molecule has 1 aromatic carbocycles. The molecule has 1 fully saturated rings. The predicted molar refractivity (Wildman–Crippen MR) is 114 cm³/mol. The van der Waals surface area contributed by atoms with E-state index in [1.165, 1.54) is 0 Å². The number of nitrogens with one attached hydrogen (secondary N) is 1. The molecule has 0 aliphatic carbocycles. The second kappa shape index (κ2) is 8.06. The summed E-state index contributed by atoms with van der Waals surface area (Å²) in [5.41, 5.74) is 3.10. The summed E-state index contributed by atoms with van der Waals surface area (Å²) < 4.78 is 0. The number of piperidine rings is 1. The van der Waals surface area contributed by atoms with E-state index >= 15 is 0 Å². The molecule has 1 saturated heterocycles. The number of benzene rings is 1. The van der Waals surface area contributed by atoms with Crippen LogP contribution in [-0.2, 0) is 4.79 Å². The van der Waals surface area contributed by atoms with Gasteiger partial charge in [0, 0.05) is 35.9 Å². The Hall–Kier alpha value is -3.17. The van der Waals surface area contributed by atoms with Crippen LogP contribution in [0.3, 0.4) is 0 Å². The maximum atomic E-state index is 12.8. The van der Waals surface area contributed by atoms with E-state index in [-0.39, 0.29) is 11.8 Å². The average molecular weight is 406 g/mol. The summed E-state index contributed by atoms with van der Waals surface area (Å²) in [6, 6.07) is 11.4. The second-order valence-electron chi connectivity index (χ2n) is 7.29. The van der Waals surface area contributed by atoms with Crippen molar-refractivity contribution in [2.45, 2.75) is 19.8 Å².